The molecule has 1 fully saturated rings. The lowest BCUT2D eigenvalue weighted by Crippen LogP contribution is -2.43. The number of non-ortho nitro benzene ring substituents is 1. The van der Waals surface area contributed by atoms with Gasteiger partial charge in [0.25, 0.3) is 5.69 Å². The molecule has 1 saturated heterocycles. The number of benzene rings is 1. The molecule has 112 valence electrons. The molecule has 0 spiro atoms. The van der Waals surface area contributed by atoms with Gasteiger partial charge in [0, 0.05) is 31.3 Å². The number of hydrogen-bond acceptors (Lipinski definition) is 4. The number of nitro groups is 1. The third-order valence-electron chi connectivity index (χ3n) is 3.64. The molecule has 1 aromatic carbocycles. The van der Waals surface area contributed by atoms with E-state index in [-0.39, 0.29) is 18.1 Å². The standard InChI is InChI=1S/C13H18ClN3O2.ClH/c14-13-7-11(17(18)19)5-4-10(13)9-16-6-2-1-3-12(16)8-15;/h4-5,7,12H,1-3,6,8-9,15H2;1H. The molecule has 5 nitrogen and oxygen atoms in total. The molecule has 2 rings (SSSR count). The van der Waals surface area contributed by atoms with E-state index in [1.54, 1.807) is 6.07 Å². The van der Waals surface area contributed by atoms with Crippen LogP contribution in [0.1, 0.15) is 24.8 Å². The predicted octanol–water partition coefficient (Wildman–Crippen LogP) is 2.98. The van der Waals surface area contributed by atoms with Gasteiger partial charge in [0.15, 0.2) is 0 Å². The Kier molecular flexibility index (Phi) is 6.68. The summed E-state index contributed by atoms with van der Waals surface area (Å²) in [6.07, 6.45) is 3.49. The molecular formula is C13H19Cl2N3O2. The van der Waals surface area contributed by atoms with Crippen molar-refractivity contribution in [3.63, 3.8) is 0 Å². The minimum Gasteiger partial charge on any atom is -0.329 e. The minimum absolute atomic E-state index is 0. The maximum Gasteiger partial charge on any atom is 0.270 e. The SMILES string of the molecule is Cl.NCC1CCCCN1Cc1ccc([N+](=O)[O-])cc1Cl. The first-order valence-corrected chi connectivity index (χ1v) is 6.86. The Bertz CT molecular complexity index is 471. The van der Waals surface area contributed by atoms with Crippen LogP contribution in [0, 0.1) is 10.1 Å². The topological polar surface area (TPSA) is 72.4 Å². The van der Waals surface area contributed by atoms with E-state index in [0.29, 0.717) is 24.2 Å². The molecule has 1 aliphatic rings. The van der Waals surface area contributed by atoms with E-state index in [9.17, 15) is 10.1 Å². The van der Waals surface area contributed by atoms with Gasteiger partial charge in [-0.3, -0.25) is 15.0 Å². The lowest BCUT2D eigenvalue weighted by atomic mass is 10.0. The largest absolute Gasteiger partial charge is 0.329 e. The van der Waals surface area contributed by atoms with E-state index in [1.807, 2.05) is 0 Å². The molecule has 0 saturated carbocycles. The lowest BCUT2D eigenvalue weighted by molar-refractivity contribution is -0.384. The zero-order valence-electron chi connectivity index (χ0n) is 11.1. The third-order valence-corrected chi connectivity index (χ3v) is 3.99. The summed E-state index contributed by atoms with van der Waals surface area (Å²) in [6, 6.07) is 5.05. The zero-order valence-corrected chi connectivity index (χ0v) is 12.7. The van der Waals surface area contributed by atoms with E-state index < -0.39 is 4.92 Å². The molecule has 1 aromatic rings. The Morgan fingerprint density at radius 2 is 2.20 bits per heavy atom. The second kappa shape index (κ2) is 7.78. The van der Waals surface area contributed by atoms with Gasteiger partial charge in [-0.05, 0) is 31.0 Å². The van der Waals surface area contributed by atoms with Crippen LogP contribution in [0.5, 0.6) is 0 Å². The molecule has 0 radical (unpaired) electrons. The Balaban J connectivity index is 0.00000200. The maximum atomic E-state index is 10.7. The van der Waals surface area contributed by atoms with Crippen molar-refractivity contribution >= 4 is 29.7 Å². The van der Waals surface area contributed by atoms with Crippen LogP contribution in [0.15, 0.2) is 18.2 Å². The number of halogens is 2. The Morgan fingerprint density at radius 1 is 1.45 bits per heavy atom. The molecule has 2 N–H and O–H groups in total. The summed E-state index contributed by atoms with van der Waals surface area (Å²) in [5.41, 5.74) is 6.74. The van der Waals surface area contributed by atoms with Crippen LogP contribution in [-0.4, -0.2) is 29.0 Å². The average Bonchev–Trinajstić information content (AvgIpc) is 2.41. The number of piperidine rings is 1. The lowest BCUT2D eigenvalue weighted by Gasteiger charge is -2.35. The van der Waals surface area contributed by atoms with E-state index in [0.717, 1.165) is 18.5 Å². The number of nitrogens with two attached hydrogens (primary N) is 1. The van der Waals surface area contributed by atoms with Crippen molar-refractivity contribution < 1.29 is 4.92 Å². The van der Waals surface area contributed by atoms with Gasteiger partial charge in [-0.15, -0.1) is 12.4 Å². The monoisotopic (exact) mass is 319 g/mol. The summed E-state index contributed by atoms with van der Waals surface area (Å²) < 4.78 is 0. The summed E-state index contributed by atoms with van der Waals surface area (Å²) in [7, 11) is 0. The van der Waals surface area contributed by atoms with Crippen LogP contribution >= 0.6 is 24.0 Å². The normalized spacial score (nSPS) is 19.4. The summed E-state index contributed by atoms with van der Waals surface area (Å²) in [6.45, 7) is 2.36. The van der Waals surface area contributed by atoms with Gasteiger partial charge < -0.3 is 5.73 Å². The van der Waals surface area contributed by atoms with Crippen molar-refractivity contribution in [1.29, 1.82) is 0 Å². The Labute approximate surface area is 129 Å². The fourth-order valence-corrected chi connectivity index (χ4v) is 2.77. The molecule has 0 aromatic heterocycles. The van der Waals surface area contributed by atoms with Gasteiger partial charge in [0.1, 0.15) is 0 Å². The first-order valence-electron chi connectivity index (χ1n) is 6.48. The van der Waals surface area contributed by atoms with Crippen LogP contribution in [-0.2, 0) is 6.54 Å². The highest BCUT2D eigenvalue weighted by atomic mass is 35.5. The molecule has 1 aliphatic heterocycles. The van der Waals surface area contributed by atoms with E-state index >= 15 is 0 Å². The molecule has 1 unspecified atom stereocenters. The molecule has 1 heterocycles. The highest BCUT2D eigenvalue weighted by molar-refractivity contribution is 6.31. The second-order valence-corrected chi connectivity index (χ2v) is 5.30. The van der Waals surface area contributed by atoms with Gasteiger partial charge in [-0.1, -0.05) is 18.0 Å². The van der Waals surface area contributed by atoms with Crippen LogP contribution in [0.2, 0.25) is 5.02 Å². The third kappa shape index (κ3) is 4.06. The fraction of sp³-hybridized carbons (Fsp3) is 0.538. The van der Waals surface area contributed by atoms with Crippen molar-refractivity contribution in [2.45, 2.75) is 31.8 Å². The number of rotatable bonds is 4. The van der Waals surface area contributed by atoms with Crippen LogP contribution in [0.4, 0.5) is 5.69 Å². The molecule has 0 aliphatic carbocycles. The number of nitrogens with zero attached hydrogens (tertiary/aromatic N) is 2. The number of likely N-dealkylation sites (tertiary alicyclic amines) is 1. The number of hydrogen-bond donors (Lipinski definition) is 1. The smallest absolute Gasteiger partial charge is 0.270 e. The highest BCUT2D eigenvalue weighted by Crippen LogP contribution is 2.26. The van der Waals surface area contributed by atoms with Gasteiger partial charge in [-0.2, -0.15) is 0 Å². The summed E-state index contributed by atoms with van der Waals surface area (Å²) >= 11 is 6.12. The van der Waals surface area contributed by atoms with Crippen LogP contribution in [0.3, 0.4) is 0 Å². The minimum atomic E-state index is -0.431. The average molecular weight is 320 g/mol. The molecule has 7 heteroatoms. The van der Waals surface area contributed by atoms with Crippen molar-refractivity contribution in [3.05, 3.63) is 38.9 Å². The van der Waals surface area contributed by atoms with Gasteiger partial charge in [-0.25, -0.2) is 0 Å². The Morgan fingerprint density at radius 3 is 2.80 bits per heavy atom. The molecule has 0 amide bonds. The van der Waals surface area contributed by atoms with Crippen molar-refractivity contribution in [3.8, 4) is 0 Å². The maximum absolute atomic E-state index is 10.7. The Hall–Kier alpha value is -0.880. The molecule has 1 atom stereocenters. The van der Waals surface area contributed by atoms with Gasteiger partial charge in [0.05, 0.1) is 9.95 Å². The van der Waals surface area contributed by atoms with Crippen molar-refractivity contribution in [1.82, 2.24) is 4.90 Å². The van der Waals surface area contributed by atoms with E-state index in [4.69, 9.17) is 17.3 Å². The zero-order chi connectivity index (χ0) is 13.8. The summed E-state index contributed by atoms with van der Waals surface area (Å²) in [5, 5.41) is 11.1. The van der Waals surface area contributed by atoms with E-state index in [1.165, 1.54) is 25.0 Å². The highest BCUT2D eigenvalue weighted by Gasteiger charge is 2.22. The first-order chi connectivity index (χ1) is 9.11. The number of nitro benzene ring substituents is 1. The van der Waals surface area contributed by atoms with Crippen LogP contribution < -0.4 is 5.73 Å². The fourth-order valence-electron chi connectivity index (χ4n) is 2.53. The van der Waals surface area contributed by atoms with Crippen molar-refractivity contribution in [2.75, 3.05) is 13.1 Å². The first kappa shape index (κ1) is 17.2. The van der Waals surface area contributed by atoms with Crippen molar-refractivity contribution in [2.24, 2.45) is 5.73 Å². The van der Waals surface area contributed by atoms with E-state index in [2.05, 4.69) is 4.90 Å². The quantitative estimate of drug-likeness (QED) is 0.684. The van der Waals surface area contributed by atoms with Gasteiger partial charge in [0.2, 0.25) is 0 Å². The molecule has 0 bridgehead atoms. The van der Waals surface area contributed by atoms with Gasteiger partial charge >= 0.3 is 0 Å². The molecular weight excluding hydrogens is 301 g/mol. The van der Waals surface area contributed by atoms with Crippen LogP contribution in [0.25, 0.3) is 0 Å². The predicted molar refractivity (Wildman–Crippen MR) is 82.5 cm³/mol. The molecule has 20 heavy (non-hydrogen) atoms. The summed E-state index contributed by atoms with van der Waals surface area (Å²) in [4.78, 5) is 12.6. The summed E-state index contributed by atoms with van der Waals surface area (Å²) in [5.74, 6) is 0. The second-order valence-electron chi connectivity index (χ2n) is 4.89.